The van der Waals surface area contributed by atoms with Gasteiger partial charge >= 0.3 is 0 Å². The number of nitrogens with one attached hydrogen (secondary N) is 2. The first-order valence-corrected chi connectivity index (χ1v) is 10.5. The third-order valence-corrected chi connectivity index (χ3v) is 5.88. The van der Waals surface area contributed by atoms with Gasteiger partial charge in [0.25, 0.3) is 0 Å². The van der Waals surface area contributed by atoms with Crippen molar-refractivity contribution in [2.45, 2.75) is 31.2 Å². The molecule has 1 heterocycles. The minimum Gasteiger partial charge on any atom is -0.383 e. The molecule has 0 bridgehead atoms. The summed E-state index contributed by atoms with van der Waals surface area (Å²) in [6, 6.07) is 6.95. The lowest BCUT2D eigenvalue weighted by molar-refractivity contribution is 0.204. The van der Waals surface area contributed by atoms with E-state index < -0.39 is 10.0 Å². The Bertz CT molecular complexity index is 706. The largest absolute Gasteiger partial charge is 0.383 e. The van der Waals surface area contributed by atoms with Crippen LogP contribution in [0, 0.1) is 5.92 Å². The molecule has 0 spiro atoms. The molecule has 1 atom stereocenters. The average molecular weight is 383 g/mol. The number of rotatable bonds is 7. The zero-order chi connectivity index (χ0) is 19.0. The summed E-state index contributed by atoms with van der Waals surface area (Å²) in [5.74, 6) is 1.52. The van der Waals surface area contributed by atoms with Crippen LogP contribution in [0.4, 0.5) is 0 Å². The first-order valence-electron chi connectivity index (χ1n) is 8.99. The van der Waals surface area contributed by atoms with Crippen LogP contribution in [0.1, 0.15) is 25.3 Å². The van der Waals surface area contributed by atoms with Crippen LogP contribution in [0.2, 0.25) is 0 Å². The van der Waals surface area contributed by atoms with E-state index in [0.29, 0.717) is 19.1 Å². The second-order valence-electron chi connectivity index (χ2n) is 6.63. The lowest BCUT2D eigenvalue weighted by Crippen LogP contribution is -2.45. The van der Waals surface area contributed by atoms with Gasteiger partial charge in [-0.05, 0) is 36.5 Å². The molecule has 0 aliphatic carbocycles. The van der Waals surface area contributed by atoms with E-state index in [4.69, 9.17) is 4.74 Å². The van der Waals surface area contributed by atoms with Gasteiger partial charge in [0.05, 0.1) is 11.5 Å². The summed E-state index contributed by atoms with van der Waals surface area (Å²) in [5.41, 5.74) is 0.894. The summed E-state index contributed by atoms with van der Waals surface area (Å²) in [6.45, 7) is 5.37. The molecule has 1 saturated heterocycles. The minimum atomic E-state index is -3.53. The number of aliphatic imine (C=N–C) groups is 1. The number of piperidine rings is 1. The standard InChI is InChI=1S/C18H30N4O3S/c1-15-6-5-10-22(14-15)18(19-2)20-13-16-7-4-8-17(12-16)26(23,24)21-9-11-25-3/h4,7-8,12,15,21H,5-6,9-11,13-14H2,1-3H3,(H,19,20). The van der Waals surface area contributed by atoms with Gasteiger partial charge in [-0.1, -0.05) is 19.1 Å². The molecule has 146 valence electrons. The van der Waals surface area contributed by atoms with Crippen LogP contribution >= 0.6 is 0 Å². The zero-order valence-electron chi connectivity index (χ0n) is 15.9. The smallest absolute Gasteiger partial charge is 0.240 e. The number of ether oxygens (including phenoxy) is 1. The summed E-state index contributed by atoms with van der Waals surface area (Å²) in [6.07, 6.45) is 2.42. The Morgan fingerprint density at radius 1 is 1.42 bits per heavy atom. The number of sulfonamides is 1. The normalized spacial score (nSPS) is 18.8. The fraction of sp³-hybridized carbons (Fsp3) is 0.611. The Morgan fingerprint density at radius 2 is 2.23 bits per heavy atom. The number of nitrogens with zero attached hydrogens (tertiary/aromatic N) is 2. The second-order valence-corrected chi connectivity index (χ2v) is 8.40. The van der Waals surface area contributed by atoms with Crippen molar-refractivity contribution in [3.05, 3.63) is 29.8 Å². The summed E-state index contributed by atoms with van der Waals surface area (Å²) in [4.78, 5) is 6.89. The maximum atomic E-state index is 12.3. The molecule has 8 heteroatoms. The SMILES string of the molecule is CN=C(NCc1cccc(S(=O)(=O)NCCOC)c1)N1CCCC(C)C1. The van der Waals surface area contributed by atoms with E-state index in [9.17, 15) is 8.42 Å². The predicted molar refractivity (Wildman–Crippen MR) is 104 cm³/mol. The quantitative estimate of drug-likeness (QED) is 0.423. The molecule has 1 aliphatic rings. The van der Waals surface area contributed by atoms with Gasteiger partial charge in [-0.15, -0.1) is 0 Å². The Balaban J connectivity index is 1.99. The van der Waals surface area contributed by atoms with E-state index in [1.165, 1.54) is 20.0 Å². The van der Waals surface area contributed by atoms with Crippen molar-refractivity contribution in [2.75, 3.05) is 40.4 Å². The van der Waals surface area contributed by atoms with Gasteiger partial charge in [0.15, 0.2) is 5.96 Å². The highest BCUT2D eigenvalue weighted by Gasteiger charge is 2.19. The predicted octanol–water partition coefficient (Wildman–Crippen LogP) is 1.42. The first kappa shape index (κ1) is 20.7. The molecule has 0 amide bonds. The van der Waals surface area contributed by atoms with Crippen molar-refractivity contribution in [3.8, 4) is 0 Å². The lowest BCUT2D eigenvalue weighted by atomic mass is 10.0. The summed E-state index contributed by atoms with van der Waals surface area (Å²) in [5, 5.41) is 3.35. The molecule has 1 unspecified atom stereocenters. The summed E-state index contributed by atoms with van der Waals surface area (Å²) in [7, 11) is -0.207. The van der Waals surface area contributed by atoms with Crippen LogP contribution < -0.4 is 10.0 Å². The van der Waals surface area contributed by atoms with E-state index in [1.807, 2.05) is 6.07 Å². The summed E-state index contributed by atoms with van der Waals surface area (Å²) >= 11 is 0. The van der Waals surface area contributed by atoms with Crippen LogP contribution in [-0.4, -0.2) is 59.7 Å². The molecular formula is C18H30N4O3S. The molecule has 1 aromatic carbocycles. The number of methoxy groups -OCH3 is 1. The molecule has 1 fully saturated rings. The van der Waals surface area contributed by atoms with Crippen molar-refractivity contribution in [1.82, 2.24) is 14.9 Å². The molecule has 2 rings (SSSR count). The Morgan fingerprint density at radius 3 is 2.92 bits per heavy atom. The third kappa shape index (κ3) is 5.96. The fourth-order valence-electron chi connectivity index (χ4n) is 3.08. The maximum absolute atomic E-state index is 12.3. The molecule has 1 aromatic rings. The van der Waals surface area contributed by atoms with E-state index >= 15 is 0 Å². The zero-order valence-corrected chi connectivity index (χ0v) is 16.7. The van der Waals surface area contributed by atoms with Crippen molar-refractivity contribution in [2.24, 2.45) is 10.9 Å². The lowest BCUT2D eigenvalue weighted by Gasteiger charge is -2.33. The number of hydrogen-bond acceptors (Lipinski definition) is 4. The van der Waals surface area contributed by atoms with Crippen molar-refractivity contribution in [3.63, 3.8) is 0 Å². The molecular weight excluding hydrogens is 352 g/mol. The van der Waals surface area contributed by atoms with E-state index in [0.717, 1.165) is 24.6 Å². The number of benzene rings is 1. The highest BCUT2D eigenvalue weighted by atomic mass is 32.2. The molecule has 2 N–H and O–H groups in total. The maximum Gasteiger partial charge on any atom is 0.240 e. The molecule has 0 saturated carbocycles. The van der Waals surface area contributed by atoms with Gasteiger partial charge < -0.3 is 15.0 Å². The number of likely N-dealkylation sites (tertiary alicyclic amines) is 1. The van der Waals surface area contributed by atoms with Gasteiger partial charge in [-0.25, -0.2) is 13.1 Å². The Hall–Kier alpha value is -1.64. The molecule has 26 heavy (non-hydrogen) atoms. The number of hydrogen-bond donors (Lipinski definition) is 2. The topological polar surface area (TPSA) is 83.0 Å². The molecule has 7 nitrogen and oxygen atoms in total. The van der Waals surface area contributed by atoms with Gasteiger partial charge in [0, 0.05) is 40.3 Å². The van der Waals surface area contributed by atoms with Crippen LogP contribution in [-0.2, 0) is 21.3 Å². The molecule has 0 radical (unpaired) electrons. The van der Waals surface area contributed by atoms with Gasteiger partial charge in [0.1, 0.15) is 0 Å². The second kappa shape index (κ2) is 9.89. The van der Waals surface area contributed by atoms with Crippen LogP contribution in [0.5, 0.6) is 0 Å². The van der Waals surface area contributed by atoms with Crippen LogP contribution in [0.25, 0.3) is 0 Å². The Kier molecular flexibility index (Phi) is 7.86. The Labute approximate surface area is 156 Å². The fourth-order valence-corrected chi connectivity index (χ4v) is 4.16. The molecule has 0 aromatic heterocycles. The summed E-state index contributed by atoms with van der Waals surface area (Å²) < 4.78 is 32.1. The highest BCUT2D eigenvalue weighted by Crippen LogP contribution is 2.16. The van der Waals surface area contributed by atoms with E-state index in [2.05, 4.69) is 26.9 Å². The van der Waals surface area contributed by atoms with Crippen molar-refractivity contribution in [1.29, 1.82) is 0 Å². The molecule has 1 aliphatic heterocycles. The van der Waals surface area contributed by atoms with E-state index in [-0.39, 0.29) is 11.4 Å². The van der Waals surface area contributed by atoms with Crippen molar-refractivity contribution >= 4 is 16.0 Å². The highest BCUT2D eigenvalue weighted by molar-refractivity contribution is 7.89. The third-order valence-electron chi connectivity index (χ3n) is 4.43. The number of guanidine groups is 1. The van der Waals surface area contributed by atoms with Crippen LogP contribution in [0.15, 0.2) is 34.2 Å². The minimum absolute atomic E-state index is 0.251. The van der Waals surface area contributed by atoms with Gasteiger partial charge in [0.2, 0.25) is 10.0 Å². The van der Waals surface area contributed by atoms with Crippen molar-refractivity contribution < 1.29 is 13.2 Å². The average Bonchev–Trinajstić information content (AvgIpc) is 2.63. The van der Waals surface area contributed by atoms with Crippen LogP contribution in [0.3, 0.4) is 0 Å². The van der Waals surface area contributed by atoms with Gasteiger partial charge in [-0.2, -0.15) is 0 Å². The van der Waals surface area contributed by atoms with E-state index in [1.54, 1.807) is 25.2 Å². The first-order chi connectivity index (χ1) is 12.5. The van der Waals surface area contributed by atoms with Gasteiger partial charge in [-0.3, -0.25) is 4.99 Å². The monoisotopic (exact) mass is 382 g/mol.